The van der Waals surface area contributed by atoms with E-state index in [0.29, 0.717) is 13.0 Å². The van der Waals surface area contributed by atoms with Crippen molar-refractivity contribution >= 4 is 5.97 Å². The Labute approximate surface area is 103 Å². The van der Waals surface area contributed by atoms with E-state index in [-0.39, 0.29) is 11.9 Å². The summed E-state index contributed by atoms with van der Waals surface area (Å²) in [5.41, 5.74) is 2.26. The van der Waals surface area contributed by atoms with E-state index in [2.05, 4.69) is 6.58 Å². The van der Waals surface area contributed by atoms with Crippen molar-refractivity contribution in [2.45, 2.75) is 32.6 Å². The minimum atomic E-state index is -0.136. The van der Waals surface area contributed by atoms with Crippen molar-refractivity contribution in [1.29, 1.82) is 0 Å². The van der Waals surface area contributed by atoms with Crippen LogP contribution in [0.25, 0.3) is 0 Å². The summed E-state index contributed by atoms with van der Waals surface area (Å²) in [5.74, 6) is 0.0374. The Balaban J connectivity index is 2.74. The van der Waals surface area contributed by atoms with Crippen LogP contribution in [0.2, 0.25) is 0 Å². The zero-order chi connectivity index (χ0) is 12.7. The molecule has 92 valence electrons. The minimum Gasteiger partial charge on any atom is -0.466 e. The van der Waals surface area contributed by atoms with Crippen molar-refractivity contribution in [1.82, 2.24) is 0 Å². The van der Waals surface area contributed by atoms with Gasteiger partial charge in [-0.1, -0.05) is 35.9 Å². The predicted molar refractivity (Wildman–Crippen MR) is 69.9 cm³/mol. The second-order valence-electron chi connectivity index (χ2n) is 4.28. The van der Waals surface area contributed by atoms with Gasteiger partial charge in [0.05, 0.1) is 13.0 Å². The average Bonchev–Trinajstić information content (AvgIpc) is 2.29. The molecule has 0 heterocycles. The molecule has 0 amide bonds. The number of esters is 1. The molecule has 0 N–H and O–H groups in total. The lowest BCUT2D eigenvalue weighted by Gasteiger charge is -2.16. The topological polar surface area (TPSA) is 26.3 Å². The Hall–Kier alpha value is -1.57. The quantitative estimate of drug-likeness (QED) is 0.552. The predicted octanol–water partition coefficient (Wildman–Crippen LogP) is 3.69. The number of benzene rings is 1. The molecule has 0 aliphatic heterocycles. The highest BCUT2D eigenvalue weighted by atomic mass is 16.5. The summed E-state index contributed by atoms with van der Waals surface area (Å²) in [6.45, 7) is 8.17. The third-order valence-electron chi connectivity index (χ3n) is 2.58. The number of allylic oxidation sites excluding steroid dienone is 1. The first-order chi connectivity index (χ1) is 8.13. The monoisotopic (exact) mass is 232 g/mol. The highest BCUT2D eigenvalue weighted by Crippen LogP contribution is 2.26. The number of carbonyl (C=O) groups is 1. The van der Waals surface area contributed by atoms with E-state index in [1.807, 2.05) is 44.2 Å². The smallest absolute Gasteiger partial charge is 0.306 e. The third-order valence-corrected chi connectivity index (χ3v) is 2.58. The van der Waals surface area contributed by atoms with Crippen molar-refractivity contribution in [3.05, 3.63) is 48.0 Å². The van der Waals surface area contributed by atoms with Gasteiger partial charge in [-0.15, -0.1) is 6.58 Å². The molecule has 0 saturated carbocycles. The lowest BCUT2D eigenvalue weighted by molar-refractivity contribution is -0.143. The molecular formula is C15H20O2. The van der Waals surface area contributed by atoms with Crippen molar-refractivity contribution in [2.24, 2.45) is 0 Å². The van der Waals surface area contributed by atoms with Crippen molar-refractivity contribution in [3.63, 3.8) is 0 Å². The maximum atomic E-state index is 11.6. The maximum Gasteiger partial charge on any atom is 0.306 e. The van der Waals surface area contributed by atoms with Crippen LogP contribution >= 0.6 is 0 Å². The second kappa shape index (κ2) is 6.89. The van der Waals surface area contributed by atoms with E-state index in [1.165, 1.54) is 5.56 Å². The van der Waals surface area contributed by atoms with Crippen LogP contribution in [0.4, 0.5) is 0 Å². The van der Waals surface area contributed by atoms with Gasteiger partial charge in [-0.05, 0) is 31.7 Å². The molecular weight excluding hydrogens is 212 g/mol. The van der Waals surface area contributed by atoms with Gasteiger partial charge in [0, 0.05) is 0 Å². The Morgan fingerprint density at radius 3 is 2.47 bits per heavy atom. The summed E-state index contributed by atoms with van der Waals surface area (Å²) < 4.78 is 5.01. The molecule has 2 nitrogen and oxygen atoms in total. The lowest BCUT2D eigenvalue weighted by atomic mass is 9.90. The third kappa shape index (κ3) is 4.85. The molecule has 2 heteroatoms. The molecule has 17 heavy (non-hydrogen) atoms. The Kier molecular flexibility index (Phi) is 5.47. The van der Waals surface area contributed by atoms with Gasteiger partial charge in [0.25, 0.3) is 0 Å². The summed E-state index contributed by atoms with van der Waals surface area (Å²) in [7, 11) is 0. The van der Waals surface area contributed by atoms with Gasteiger partial charge in [-0.2, -0.15) is 0 Å². The van der Waals surface area contributed by atoms with Crippen LogP contribution in [0.15, 0.2) is 42.5 Å². The minimum absolute atomic E-state index is 0.136. The second-order valence-corrected chi connectivity index (χ2v) is 4.28. The van der Waals surface area contributed by atoms with Crippen molar-refractivity contribution in [3.8, 4) is 0 Å². The van der Waals surface area contributed by atoms with Crippen LogP contribution in [0.3, 0.4) is 0 Å². The fourth-order valence-corrected chi connectivity index (χ4v) is 1.87. The Bertz CT molecular complexity index is 368. The van der Waals surface area contributed by atoms with E-state index >= 15 is 0 Å². The summed E-state index contributed by atoms with van der Waals surface area (Å²) >= 11 is 0. The first-order valence-electron chi connectivity index (χ1n) is 5.98. The summed E-state index contributed by atoms with van der Waals surface area (Å²) in [6.07, 6.45) is 1.24. The van der Waals surface area contributed by atoms with Crippen molar-refractivity contribution < 1.29 is 9.53 Å². The van der Waals surface area contributed by atoms with Gasteiger partial charge in [0.1, 0.15) is 0 Å². The molecule has 1 atom stereocenters. The number of ether oxygens (including phenoxy) is 1. The normalized spacial score (nSPS) is 11.9. The van der Waals surface area contributed by atoms with Crippen LogP contribution in [0, 0.1) is 0 Å². The van der Waals surface area contributed by atoms with Gasteiger partial charge >= 0.3 is 5.97 Å². The first-order valence-corrected chi connectivity index (χ1v) is 5.98. The number of hydrogen-bond donors (Lipinski definition) is 0. The maximum absolute atomic E-state index is 11.6. The first kappa shape index (κ1) is 13.5. The van der Waals surface area contributed by atoms with E-state index in [4.69, 9.17) is 4.74 Å². The van der Waals surface area contributed by atoms with Gasteiger partial charge in [-0.25, -0.2) is 0 Å². The molecule has 0 fully saturated rings. The Morgan fingerprint density at radius 1 is 1.29 bits per heavy atom. The molecule has 1 rings (SSSR count). The molecule has 0 saturated heterocycles. The highest BCUT2D eigenvalue weighted by molar-refractivity contribution is 5.70. The molecule has 0 aromatic heterocycles. The largest absolute Gasteiger partial charge is 0.466 e. The number of rotatable bonds is 6. The van der Waals surface area contributed by atoms with Crippen LogP contribution in [0.5, 0.6) is 0 Å². The molecule has 0 radical (unpaired) electrons. The van der Waals surface area contributed by atoms with E-state index < -0.39 is 0 Å². The van der Waals surface area contributed by atoms with Gasteiger partial charge in [0.2, 0.25) is 0 Å². The summed E-state index contributed by atoms with van der Waals surface area (Å²) in [4.78, 5) is 11.6. The van der Waals surface area contributed by atoms with Crippen molar-refractivity contribution in [2.75, 3.05) is 6.61 Å². The SMILES string of the molecule is C=C(C)C[C@H](CC(=O)OCC)c1ccccc1. The van der Waals surface area contributed by atoms with Crippen LogP contribution in [-0.2, 0) is 9.53 Å². The summed E-state index contributed by atoms with van der Waals surface area (Å²) in [5, 5.41) is 0. The van der Waals surface area contributed by atoms with Gasteiger partial charge in [0.15, 0.2) is 0 Å². The van der Waals surface area contributed by atoms with E-state index in [0.717, 1.165) is 12.0 Å². The zero-order valence-corrected chi connectivity index (χ0v) is 10.6. The fraction of sp³-hybridized carbons (Fsp3) is 0.400. The average molecular weight is 232 g/mol. The standard InChI is InChI=1S/C15H20O2/c1-4-17-15(16)11-14(10-12(2)3)13-8-6-5-7-9-13/h5-9,14H,2,4,10-11H2,1,3H3/t14-/m1/s1. The fourth-order valence-electron chi connectivity index (χ4n) is 1.87. The van der Waals surface area contributed by atoms with Crippen LogP contribution in [0.1, 0.15) is 38.2 Å². The van der Waals surface area contributed by atoms with Crippen LogP contribution < -0.4 is 0 Å². The van der Waals surface area contributed by atoms with Gasteiger partial charge in [-0.3, -0.25) is 4.79 Å². The van der Waals surface area contributed by atoms with E-state index in [9.17, 15) is 4.79 Å². The van der Waals surface area contributed by atoms with Crippen LogP contribution in [-0.4, -0.2) is 12.6 Å². The molecule has 1 aromatic carbocycles. The van der Waals surface area contributed by atoms with E-state index in [1.54, 1.807) is 0 Å². The zero-order valence-electron chi connectivity index (χ0n) is 10.6. The molecule has 0 spiro atoms. The lowest BCUT2D eigenvalue weighted by Crippen LogP contribution is -2.10. The molecule has 0 aliphatic carbocycles. The summed E-state index contributed by atoms with van der Waals surface area (Å²) in [6, 6.07) is 10.1. The number of hydrogen-bond acceptors (Lipinski definition) is 2. The van der Waals surface area contributed by atoms with Gasteiger partial charge < -0.3 is 4.74 Å². The molecule has 0 bridgehead atoms. The molecule has 1 aromatic rings. The highest BCUT2D eigenvalue weighted by Gasteiger charge is 2.16. The number of carbonyl (C=O) groups excluding carboxylic acids is 1. The Morgan fingerprint density at radius 2 is 1.94 bits per heavy atom. The molecule has 0 aliphatic rings. The molecule has 0 unspecified atom stereocenters.